The topological polar surface area (TPSA) is 38.7 Å². The van der Waals surface area contributed by atoms with E-state index in [9.17, 15) is 9.18 Å². The molecule has 1 aliphatic heterocycles. The molecule has 100 valence electrons. The lowest BCUT2D eigenvalue weighted by Crippen LogP contribution is -2.03. The number of cyclic esters (lactones) is 1. The Morgan fingerprint density at radius 3 is 2.60 bits per heavy atom. The number of benzene rings is 1. The molecule has 2 heterocycles. The lowest BCUT2D eigenvalue weighted by molar-refractivity contribution is -0.129. The van der Waals surface area contributed by atoms with Gasteiger partial charge in [-0.2, -0.15) is 0 Å². The van der Waals surface area contributed by atoms with Gasteiger partial charge in [-0.3, -0.25) is 0 Å². The highest BCUT2D eigenvalue weighted by atomic mass is 32.1. The molecule has 1 aromatic carbocycles. The van der Waals surface area contributed by atoms with Crippen LogP contribution in [0.25, 0.3) is 6.08 Å². The summed E-state index contributed by atoms with van der Waals surface area (Å²) in [6.07, 6.45) is 1.58. The average molecular weight is 287 g/mol. The number of rotatable bonds is 2. The molecular weight excluding hydrogens is 277 g/mol. The summed E-state index contributed by atoms with van der Waals surface area (Å²) in [6.45, 7) is 1.97. The van der Waals surface area contributed by atoms with Crippen LogP contribution in [0.4, 0.5) is 4.39 Å². The molecule has 0 saturated heterocycles. The molecule has 0 saturated carbocycles. The molecule has 20 heavy (non-hydrogen) atoms. The molecule has 0 N–H and O–H groups in total. The summed E-state index contributed by atoms with van der Waals surface area (Å²) in [5, 5.41) is 0. The second kappa shape index (κ2) is 5.02. The summed E-state index contributed by atoms with van der Waals surface area (Å²) in [7, 11) is 0. The number of esters is 1. The highest BCUT2D eigenvalue weighted by Crippen LogP contribution is 2.23. The van der Waals surface area contributed by atoms with Crippen LogP contribution in [-0.2, 0) is 9.53 Å². The number of aliphatic imine (C=N–C) groups is 1. The first-order chi connectivity index (χ1) is 9.61. The predicted octanol–water partition coefficient (Wildman–Crippen LogP) is 3.54. The van der Waals surface area contributed by atoms with Gasteiger partial charge >= 0.3 is 5.97 Å². The Kier molecular flexibility index (Phi) is 3.20. The summed E-state index contributed by atoms with van der Waals surface area (Å²) in [5.41, 5.74) is 0.920. The average Bonchev–Trinajstić information content (AvgIpc) is 3.00. The van der Waals surface area contributed by atoms with Gasteiger partial charge in [-0.05, 0) is 42.8 Å². The van der Waals surface area contributed by atoms with Crippen LogP contribution in [0.15, 0.2) is 47.1 Å². The first kappa shape index (κ1) is 12.7. The quantitative estimate of drug-likeness (QED) is 0.626. The molecule has 0 radical (unpaired) electrons. The number of nitrogens with zero attached hydrogens (tertiary/aromatic N) is 1. The van der Waals surface area contributed by atoms with Crippen LogP contribution in [0.3, 0.4) is 0 Å². The Balaban J connectivity index is 1.92. The second-order valence-corrected chi connectivity index (χ2v) is 5.59. The summed E-state index contributed by atoms with van der Waals surface area (Å²) >= 11 is 1.51. The molecule has 5 heteroatoms. The first-order valence-electron chi connectivity index (χ1n) is 5.97. The smallest absolute Gasteiger partial charge is 0.363 e. The van der Waals surface area contributed by atoms with Crippen LogP contribution in [0.1, 0.15) is 15.3 Å². The third kappa shape index (κ3) is 2.53. The molecule has 3 rings (SSSR count). The fourth-order valence-corrected chi connectivity index (χ4v) is 2.57. The van der Waals surface area contributed by atoms with Crippen LogP contribution in [0.2, 0.25) is 0 Å². The zero-order valence-corrected chi connectivity index (χ0v) is 11.4. The van der Waals surface area contributed by atoms with Crippen molar-refractivity contribution >= 4 is 29.3 Å². The molecule has 1 aliphatic rings. The number of carbonyl (C=O) groups excluding carboxylic acids is 1. The Morgan fingerprint density at radius 1 is 1.20 bits per heavy atom. The highest BCUT2D eigenvalue weighted by Gasteiger charge is 2.24. The molecule has 3 nitrogen and oxygen atoms in total. The van der Waals surface area contributed by atoms with Crippen LogP contribution in [0.5, 0.6) is 0 Å². The molecule has 0 bridgehead atoms. The second-order valence-electron chi connectivity index (χ2n) is 4.30. The van der Waals surface area contributed by atoms with E-state index in [1.165, 1.54) is 23.5 Å². The van der Waals surface area contributed by atoms with Crippen molar-refractivity contribution in [3.8, 4) is 0 Å². The van der Waals surface area contributed by atoms with Crippen LogP contribution in [-0.4, -0.2) is 11.9 Å². The fraction of sp³-hybridized carbons (Fsp3) is 0.0667. The van der Waals surface area contributed by atoms with Crippen LogP contribution in [0, 0.1) is 12.7 Å². The molecule has 0 spiro atoms. The van der Waals surface area contributed by atoms with Gasteiger partial charge in [-0.15, -0.1) is 11.3 Å². The number of halogens is 1. The Bertz CT molecular complexity index is 729. The van der Waals surface area contributed by atoms with E-state index in [-0.39, 0.29) is 11.5 Å². The largest absolute Gasteiger partial charge is 0.401 e. The number of thiophene rings is 1. The minimum atomic E-state index is -0.490. The minimum absolute atomic E-state index is 0.220. The Hall–Kier alpha value is -2.27. The minimum Gasteiger partial charge on any atom is -0.401 e. The normalized spacial score (nSPS) is 16.4. The van der Waals surface area contributed by atoms with Gasteiger partial charge in [0.15, 0.2) is 5.70 Å². The van der Waals surface area contributed by atoms with Gasteiger partial charge in [0.2, 0.25) is 5.90 Å². The standard InChI is InChI=1S/C15H10FNO2S/c1-9-2-7-13(20-9)14-17-12(15(18)19-14)8-10-3-5-11(16)6-4-10/h2-8H,1H3/b12-8+. The van der Waals surface area contributed by atoms with Crippen molar-refractivity contribution < 1.29 is 13.9 Å². The number of hydrogen-bond acceptors (Lipinski definition) is 4. The highest BCUT2D eigenvalue weighted by molar-refractivity contribution is 7.14. The number of hydrogen-bond donors (Lipinski definition) is 0. The lowest BCUT2D eigenvalue weighted by Gasteiger charge is -1.94. The van der Waals surface area contributed by atoms with Gasteiger partial charge in [-0.25, -0.2) is 14.2 Å². The van der Waals surface area contributed by atoms with Gasteiger partial charge in [0.05, 0.1) is 4.88 Å². The molecular formula is C15H10FNO2S. The third-order valence-electron chi connectivity index (χ3n) is 2.75. The zero-order chi connectivity index (χ0) is 14.1. The van der Waals surface area contributed by atoms with E-state index in [1.54, 1.807) is 18.2 Å². The maximum atomic E-state index is 12.8. The summed E-state index contributed by atoms with van der Waals surface area (Å²) in [5.74, 6) is -0.490. The van der Waals surface area contributed by atoms with Gasteiger partial charge in [0.25, 0.3) is 0 Å². The maximum absolute atomic E-state index is 12.8. The number of carbonyl (C=O) groups is 1. The summed E-state index contributed by atoms with van der Waals surface area (Å²) in [6, 6.07) is 9.64. The Labute approximate surface area is 119 Å². The van der Waals surface area contributed by atoms with Crippen molar-refractivity contribution in [1.29, 1.82) is 0 Å². The number of ether oxygens (including phenoxy) is 1. The number of aryl methyl sites for hydroxylation is 1. The molecule has 0 amide bonds. The van der Waals surface area contributed by atoms with Crippen LogP contribution < -0.4 is 0 Å². The van der Waals surface area contributed by atoms with Crippen LogP contribution >= 0.6 is 11.3 Å². The van der Waals surface area contributed by atoms with Crippen molar-refractivity contribution in [3.05, 3.63) is 63.2 Å². The molecule has 1 aromatic heterocycles. The summed E-state index contributed by atoms with van der Waals surface area (Å²) < 4.78 is 18.0. The zero-order valence-electron chi connectivity index (χ0n) is 10.6. The predicted molar refractivity (Wildman–Crippen MR) is 76.1 cm³/mol. The van der Waals surface area contributed by atoms with Crippen molar-refractivity contribution in [2.24, 2.45) is 4.99 Å². The van der Waals surface area contributed by atoms with E-state index >= 15 is 0 Å². The first-order valence-corrected chi connectivity index (χ1v) is 6.78. The SMILES string of the molecule is Cc1ccc(C2=N/C(=C/c3ccc(F)cc3)C(=O)O2)s1. The van der Waals surface area contributed by atoms with Crippen molar-refractivity contribution in [2.45, 2.75) is 6.92 Å². The van der Waals surface area contributed by atoms with Crippen molar-refractivity contribution in [3.63, 3.8) is 0 Å². The molecule has 0 aliphatic carbocycles. The van der Waals surface area contributed by atoms with E-state index < -0.39 is 5.97 Å². The Morgan fingerprint density at radius 2 is 1.95 bits per heavy atom. The van der Waals surface area contributed by atoms with Crippen molar-refractivity contribution in [1.82, 2.24) is 0 Å². The summed E-state index contributed by atoms with van der Waals surface area (Å²) in [4.78, 5) is 17.9. The monoisotopic (exact) mass is 287 g/mol. The van der Waals surface area contributed by atoms with Crippen molar-refractivity contribution in [2.75, 3.05) is 0 Å². The lowest BCUT2D eigenvalue weighted by atomic mass is 10.2. The fourth-order valence-electron chi connectivity index (χ4n) is 1.78. The van der Waals surface area contributed by atoms with Gasteiger partial charge in [0.1, 0.15) is 5.82 Å². The van der Waals surface area contributed by atoms with E-state index in [1.807, 2.05) is 19.1 Å². The van der Waals surface area contributed by atoms with Gasteiger partial charge < -0.3 is 4.74 Å². The van der Waals surface area contributed by atoms with Gasteiger partial charge in [0, 0.05) is 4.88 Å². The van der Waals surface area contributed by atoms with E-state index in [0.29, 0.717) is 11.5 Å². The van der Waals surface area contributed by atoms with Gasteiger partial charge in [-0.1, -0.05) is 12.1 Å². The molecule has 0 unspecified atom stereocenters. The molecule has 0 fully saturated rings. The molecule has 0 atom stereocenters. The van der Waals surface area contributed by atoms with E-state index in [2.05, 4.69) is 4.99 Å². The van der Waals surface area contributed by atoms with E-state index in [0.717, 1.165) is 9.75 Å². The molecule has 2 aromatic rings. The maximum Gasteiger partial charge on any atom is 0.363 e. The third-order valence-corrected chi connectivity index (χ3v) is 3.73. The van der Waals surface area contributed by atoms with E-state index in [4.69, 9.17) is 4.74 Å².